The molecule has 1 aliphatic heterocycles. The maximum absolute atomic E-state index is 13.1. The van der Waals surface area contributed by atoms with Gasteiger partial charge in [-0.15, -0.1) is 0 Å². The Morgan fingerprint density at radius 1 is 1.12 bits per heavy atom. The van der Waals surface area contributed by atoms with Crippen LogP contribution in [-0.4, -0.2) is 73.9 Å². The molecule has 2 aromatic heterocycles. The number of methoxy groups -OCH3 is 2. The van der Waals surface area contributed by atoms with Crippen molar-refractivity contribution in [3.05, 3.63) is 54.4 Å². The zero-order valence-corrected chi connectivity index (χ0v) is 18.6. The average molecular weight is 457 g/mol. The largest absolute Gasteiger partial charge is 0.497 e. The third-order valence-corrected chi connectivity index (χ3v) is 7.36. The molecule has 1 aromatic carbocycles. The van der Waals surface area contributed by atoms with Crippen molar-refractivity contribution in [2.45, 2.75) is 4.90 Å². The molecule has 1 aliphatic rings. The van der Waals surface area contributed by atoms with Crippen molar-refractivity contribution < 1.29 is 22.7 Å². The lowest BCUT2D eigenvalue weighted by Gasteiger charge is -2.33. The molecule has 9 nitrogen and oxygen atoms in total. The molecular weight excluding hydrogens is 432 g/mol. The summed E-state index contributed by atoms with van der Waals surface area (Å²) in [6.07, 6.45) is 6.21. The van der Waals surface area contributed by atoms with Crippen molar-refractivity contribution >= 4 is 33.0 Å². The number of carbonyl (C=O) groups is 1. The summed E-state index contributed by atoms with van der Waals surface area (Å²) < 4.78 is 38.2. The van der Waals surface area contributed by atoms with Crippen LogP contribution in [0, 0.1) is 0 Å². The third-order valence-electron chi connectivity index (χ3n) is 5.42. The van der Waals surface area contributed by atoms with E-state index in [0.717, 1.165) is 0 Å². The Labute approximate surface area is 186 Å². The van der Waals surface area contributed by atoms with Crippen LogP contribution in [0.15, 0.2) is 53.7 Å². The standard InChI is InChI=1S/C22H24N4O5S/c1-30-17-6-7-19(31-2)16(14-17)5-8-21(27)25-10-12-26(13-11-25)32(28,29)20-15-24-22-18(20)4-3-9-23-22/h3-9,14-15H,10-13H2,1-2H3,(H,23,24)/b8-5+. The van der Waals surface area contributed by atoms with Gasteiger partial charge >= 0.3 is 0 Å². The first-order valence-corrected chi connectivity index (χ1v) is 11.5. The number of ether oxygens (including phenoxy) is 2. The highest BCUT2D eigenvalue weighted by molar-refractivity contribution is 7.89. The molecule has 0 radical (unpaired) electrons. The summed E-state index contributed by atoms with van der Waals surface area (Å²) in [4.78, 5) is 21.6. The Balaban J connectivity index is 1.43. The molecule has 1 fully saturated rings. The molecule has 0 unspecified atom stereocenters. The van der Waals surface area contributed by atoms with Gasteiger partial charge in [0, 0.05) is 55.6 Å². The highest BCUT2D eigenvalue weighted by Gasteiger charge is 2.31. The minimum Gasteiger partial charge on any atom is -0.497 e. The number of aromatic amines is 1. The van der Waals surface area contributed by atoms with E-state index in [1.807, 2.05) is 0 Å². The van der Waals surface area contributed by atoms with E-state index in [-0.39, 0.29) is 23.9 Å². The number of pyridine rings is 1. The fraction of sp³-hybridized carbons (Fsp3) is 0.273. The van der Waals surface area contributed by atoms with E-state index >= 15 is 0 Å². The normalized spacial score (nSPS) is 15.4. The number of sulfonamides is 1. The molecule has 1 saturated heterocycles. The zero-order chi connectivity index (χ0) is 22.7. The van der Waals surface area contributed by atoms with Crippen LogP contribution in [0.25, 0.3) is 17.1 Å². The third kappa shape index (κ3) is 4.19. The van der Waals surface area contributed by atoms with Crippen LogP contribution < -0.4 is 9.47 Å². The van der Waals surface area contributed by atoms with Crippen LogP contribution in [0.1, 0.15) is 5.56 Å². The molecule has 4 rings (SSSR count). The number of hydrogen-bond acceptors (Lipinski definition) is 6. The Bertz CT molecular complexity index is 1260. The second-order valence-corrected chi connectivity index (χ2v) is 9.13. The molecule has 1 N–H and O–H groups in total. The number of benzene rings is 1. The minimum atomic E-state index is -3.69. The molecule has 0 spiro atoms. The van der Waals surface area contributed by atoms with E-state index < -0.39 is 10.0 Å². The molecule has 32 heavy (non-hydrogen) atoms. The Morgan fingerprint density at radius 2 is 1.91 bits per heavy atom. The van der Waals surface area contributed by atoms with Crippen molar-refractivity contribution in [2.24, 2.45) is 0 Å². The molecule has 3 aromatic rings. The number of H-pyrrole nitrogens is 1. The number of aromatic nitrogens is 2. The summed E-state index contributed by atoms with van der Waals surface area (Å²) in [5.41, 5.74) is 1.24. The Kier molecular flexibility index (Phi) is 6.15. The molecule has 10 heteroatoms. The van der Waals surface area contributed by atoms with Crippen molar-refractivity contribution in [1.29, 1.82) is 0 Å². The molecule has 168 valence electrons. The van der Waals surface area contributed by atoms with Gasteiger partial charge in [-0.05, 0) is 36.4 Å². The predicted molar refractivity (Wildman–Crippen MR) is 120 cm³/mol. The van der Waals surface area contributed by atoms with Crippen molar-refractivity contribution in [2.75, 3.05) is 40.4 Å². The van der Waals surface area contributed by atoms with Gasteiger partial charge in [0.1, 0.15) is 22.0 Å². The van der Waals surface area contributed by atoms with E-state index in [1.165, 1.54) is 16.6 Å². The summed E-state index contributed by atoms with van der Waals surface area (Å²) in [7, 11) is -0.561. The highest BCUT2D eigenvalue weighted by atomic mass is 32.2. The minimum absolute atomic E-state index is 0.191. The van der Waals surface area contributed by atoms with Gasteiger partial charge in [0.05, 0.1) is 14.2 Å². The molecule has 0 atom stereocenters. The van der Waals surface area contributed by atoms with Crippen molar-refractivity contribution in [1.82, 2.24) is 19.2 Å². The summed E-state index contributed by atoms with van der Waals surface area (Å²) in [5.74, 6) is 1.09. The number of nitrogens with one attached hydrogen (secondary N) is 1. The average Bonchev–Trinajstić information content (AvgIpc) is 3.27. The first-order valence-electron chi connectivity index (χ1n) is 10.1. The Hall–Kier alpha value is -3.37. The van der Waals surface area contributed by atoms with Gasteiger partial charge < -0.3 is 19.4 Å². The van der Waals surface area contributed by atoms with Gasteiger partial charge in [0.25, 0.3) is 0 Å². The topological polar surface area (TPSA) is 105 Å². The van der Waals surface area contributed by atoms with Gasteiger partial charge in [-0.25, -0.2) is 13.4 Å². The van der Waals surface area contributed by atoms with Crippen LogP contribution in [-0.2, 0) is 14.8 Å². The number of piperazine rings is 1. The van der Waals surface area contributed by atoms with Crippen LogP contribution in [0.2, 0.25) is 0 Å². The zero-order valence-electron chi connectivity index (χ0n) is 17.8. The maximum Gasteiger partial charge on any atom is 0.246 e. The first kappa shape index (κ1) is 21.8. The second kappa shape index (κ2) is 9.01. The van der Waals surface area contributed by atoms with Crippen LogP contribution >= 0.6 is 0 Å². The van der Waals surface area contributed by atoms with Crippen LogP contribution in [0.3, 0.4) is 0 Å². The van der Waals surface area contributed by atoms with E-state index in [4.69, 9.17) is 9.47 Å². The van der Waals surface area contributed by atoms with E-state index in [9.17, 15) is 13.2 Å². The van der Waals surface area contributed by atoms with Gasteiger partial charge in [-0.3, -0.25) is 4.79 Å². The smallest absolute Gasteiger partial charge is 0.246 e. The lowest BCUT2D eigenvalue weighted by atomic mass is 10.1. The summed E-state index contributed by atoms with van der Waals surface area (Å²) in [6, 6.07) is 8.76. The maximum atomic E-state index is 13.1. The quantitative estimate of drug-likeness (QED) is 0.570. The number of rotatable bonds is 6. The predicted octanol–water partition coefficient (Wildman–Crippen LogP) is 2.13. The molecule has 0 bridgehead atoms. The van der Waals surface area contributed by atoms with Crippen molar-refractivity contribution in [3.63, 3.8) is 0 Å². The molecule has 0 aliphatic carbocycles. The summed E-state index contributed by atoms with van der Waals surface area (Å²) >= 11 is 0. The van der Waals surface area contributed by atoms with Crippen LogP contribution in [0.4, 0.5) is 0 Å². The van der Waals surface area contributed by atoms with Crippen LogP contribution in [0.5, 0.6) is 11.5 Å². The molecular formula is C22H24N4O5S. The van der Waals surface area contributed by atoms with E-state index in [0.29, 0.717) is 41.2 Å². The summed E-state index contributed by atoms with van der Waals surface area (Å²) in [5, 5.41) is 0.557. The SMILES string of the molecule is COc1ccc(OC)c(/C=C/C(=O)N2CCN(S(=O)(=O)c3c[nH]c4ncccc34)CC2)c1. The van der Waals surface area contributed by atoms with E-state index in [1.54, 1.807) is 61.7 Å². The number of nitrogens with zero attached hydrogens (tertiary/aromatic N) is 3. The number of hydrogen-bond donors (Lipinski definition) is 1. The van der Waals surface area contributed by atoms with Crippen molar-refractivity contribution in [3.8, 4) is 11.5 Å². The number of amides is 1. The summed E-state index contributed by atoms with van der Waals surface area (Å²) in [6.45, 7) is 1.05. The lowest BCUT2D eigenvalue weighted by molar-refractivity contribution is -0.127. The fourth-order valence-corrected chi connectivity index (χ4v) is 5.24. The number of carbonyl (C=O) groups excluding carboxylic acids is 1. The lowest BCUT2D eigenvalue weighted by Crippen LogP contribution is -2.50. The Morgan fingerprint density at radius 3 is 2.62 bits per heavy atom. The van der Waals surface area contributed by atoms with Gasteiger partial charge in [0.2, 0.25) is 15.9 Å². The second-order valence-electron chi connectivity index (χ2n) is 7.22. The highest BCUT2D eigenvalue weighted by Crippen LogP contribution is 2.26. The first-order chi connectivity index (χ1) is 15.4. The van der Waals surface area contributed by atoms with Gasteiger partial charge in [-0.2, -0.15) is 4.31 Å². The molecule has 3 heterocycles. The number of fused-ring (bicyclic) bond motifs is 1. The monoisotopic (exact) mass is 456 g/mol. The van der Waals surface area contributed by atoms with Gasteiger partial charge in [-0.1, -0.05) is 0 Å². The van der Waals surface area contributed by atoms with E-state index in [2.05, 4.69) is 9.97 Å². The van der Waals surface area contributed by atoms with Gasteiger partial charge in [0.15, 0.2) is 0 Å². The fourth-order valence-electron chi connectivity index (χ4n) is 3.67. The molecule has 0 saturated carbocycles. The molecule has 1 amide bonds.